The van der Waals surface area contributed by atoms with Crippen molar-refractivity contribution < 1.29 is 62.6 Å². The van der Waals surface area contributed by atoms with Crippen molar-refractivity contribution >= 4 is 139 Å². The molecular formula is C70H89N37O21. The Kier molecular flexibility index (Phi) is 29.6. The molecule has 0 unspecified atom stereocenters. The number of hydrogen-bond acceptors (Lipinski definition) is 34. The van der Waals surface area contributed by atoms with E-state index in [1.54, 1.807) is 4.90 Å². The minimum absolute atomic E-state index is 0.00137. The second-order valence-electron chi connectivity index (χ2n) is 29.1. The topological polar surface area (TPSA) is 811 Å². The highest BCUT2D eigenvalue weighted by molar-refractivity contribution is 5.90. The summed E-state index contributed by atoms with van der Waals surface area (Å²) in [4.78, 5) is 319. The Balaban J connectivity index is 0.775. The number of rotatable bonds is 42. The smallest absolute Gasteiger partial charge is 0.328 e. The molecule has 1 aliphatic heterocycles. The number of carboxylic acid groups (broad SMARTS) is 1. The molecule has 11 heterocycles. The number of anilines is 4. The van der Waals surface area contributed by atoms with Crippen molar-refractivity contribution in [2.24, 2.45) is 5.73 Å². The molecule has 1 aliphatic rings. The fourth-order valence-electron chi connectivity index (χ4n) is 13.6. The fourth-order valence-corrected chi connectivity index (χ4v) is 13.6. The number of carbonyl (C=O) groups excluding carboxylic acids is 11. The first kappa shape index (κ1) is 92.2. The minimum atomic E-state index is -1.23. The SMILES string of the molecule is Cc1cn(CC(=O)N(CCN)CC(=O)NCCN(CC(=O)NCCN(CC(=O)NCCN2C[C@@H](n3cnc4c(=O)[nH]c(N)nc43)C[C@H]2C(=O)NCCN(CC(=O)NCCN(CC(=O)NCCC(=O)O)C(=O)Cn2cc(C)c(=O)[nH]c2=O)C(=O)Cn2cnc3c(=O)[nH]c(N)nc32)C(=O)Cn2cnc3c(=O)[nH]c(N)nc32)C(=O)Cn2cnc3c(=O)[nH]c(N)nc32)c(=O)[nH]c1=O. The Morgan fingerprint density at radius 2 is 0.719 bits per heavy atom. The molecular weight excluding hydrogens is 1700 g/mol. The van der Waals surface area contributed by atoms with E-state index in [1.165, 1.54) is 44.6 Å². The molecule has 1 saturated heterocycles. The summed E-state index contributed by atoms with van der Waals surface area (Å²) >= 11 is 0. The molecule has 10 aromatic heterocycles. The normalized spacial score (nSPS) is 13.1. The average Bonchev–Trinajstić information content (AvgIpc) is 1.62. The van der Waals surface area contributed by atoms with Crippen LogP contribution >= 0.6 is 0 Å². The third kappa shape index (κ3) is 23.5. The number of amides is 11. The number of carboxylic acids is 1. The first-order valence-electron chi connectivity index (χ1n) is 39.1. The lowest BCUT2D eigenvalue weighted by molar-refractivity contribution is -0.138. The van der Waals surface area contributed by atoms with Crippen LogP contribution in [0.2, 0.25) is 0 Å². The van der Waals surface area contributed by atoms with Crippen LogP contribution in [0.15, 0.2) is 76.1 Å². The number of aryl methyl sites for hydroxylation is 2. The van der Waals surface area contributed by atoms with Crippen LogP contribution in [0, 0.1) is 13.8 Å². The second-order valence-corrected chi connectivity index (χ2v) is 29.1. The highest BCUT2D eigenvalue weighted by atomic mass is 16.4. The van der Waals surface area contributed by atoms with E-state index in [1.807, 2.05) is 0 Å². The highest BCUT2D eigenvalue weighted by Crippen LogP contribution is 2.30. The number of likely N-dealkylation sites (tertiary alicyclic amines) is 1. The van der Waals surface area contributed by atoms with Gasteiger partial charge in [-0.1, -0.05) is 0 Å². The second kappa shape index (κ2) is 41.1. The number of aromatic amines is 6. The molecule has 0 bridgehead atoms. The van der Waals surface area contributed by atoms with Gasteiger partial charge in [0.2, 0.25) is 88.8 Å². The molecule has 680 valence electrons. The number of carbonyl (C=O) groups is 12. The van der Waals surface area contributed by atoms with E-state index in [0.717, 1.165) is 58.8 Å². The van der Waals surface area contributed by atoms with Crippen LogP contribution < -0.4 is 105 Å². The molecule has 10 aromatic rings. The van der Waals surface area contributed by atoms with Crippen LogP contribution in [0.25, 0.3) is 44.7 Å². The number of nitrogen functional groups attached to an aromatic ring is 4. The summed E-state index contributed by atoms with van der Waals surface area (Å²) in [6, 6.07) is -1.81. The summed E-state index contributed by atoms with van der Waals surface area (Å²) in [6.45, 7) is -7.99. The lowest BCUT2D eigenvalue weighted by atomic mass is 10.1. The summed E-state index contributed by atoms with van der Waals surface area (Å²) in [5, 5.41) is 24.8. The highest BCUT2D eigenvalue weighted by Gasteiger charge is 2.39. The van der Waals surface area contributed by atoms with Gasteiger partial charge < -0.3 is 108 Å². The maximum absolute atomic E-state index is 14.8. The van der Waals surface area contributed by atoms with Gasteiger partial charge in [0.25, 0.3) is 33.4 Å². The maximum Gasteiger partial charge on any atom is 0.328 e. The summed E-state index contributed by atoms with van der Waals surface area (Å²) in [5.74, 6) is -11.2. The number of H-pyrrole nitrogens is 6. The number of nitrogens with two attached hydrogens (primary N) is 5. The largest absolute Gasteiger partial charge is 0.481 e. The van der Waals surface area contributed by atoms with Gasteiger partial charge in [0.1, 0.15) is 32.7 Å². The molecule has 2 atom stereocenters. The van der Waals surface area contributed by atoms with E-state index < -0.39 is 239 Å². The standard InChI is InChI=1S/C70H89N37O21/c1-35-18-102(69(127)94-58(35)120)26-44(113)97(11-4-71)21-40(109)78-8-14-100(47(116)29-105-32-83-51-55(105)87-66(73)91-62(51)124)24-42(111)80-9-15-99(46(115)28-104-31-82-50-54(104)86-65(72)90-61(50)123)23-41(110)77-6-12-96-20-37(107-34-85-53-57(107)89-68(75)93-64(53)126)17-38(96)60(122)81-10-16-101(48(117)30-106-33-84-52-56(106)88-67(74)92-63(52)125)25-43(112)79-7-13-98(22-39(108)76-5-3-49(118)119)45(114)27-103-19-36(2)59(121)95-70(103)128/h18-19,31-34,37-38H,3-17,20-30,71H2,1-2H3,(H,76,108)(H,77,110)(H,78,109)(H,79,112)(H,80,111)(H,81,122)(H,118,119)(H,94,120,127)(H,95,121,128)(H3,72,86,90,123)(H3,73,87,91,124)(H3,74,88,92,125)(H3,75,89,93,126)/t37-,38-/m0/s1. The number of hydrogen-bond donors (Lipinski definition) is 18. The first-order chi connectivity index (χ1) is 61.0. The Hall–Kier alpha value is -16.5. The van der Waals surface area contributed by atoms with E-state index in [2.05, 4.69) is 102 Å². The van der Waals surface area contributed by atoms with Gasteiger partial charge in [0.05, 0.1) is 76.5 Å². The number of fused-ring (bicyclic) bond motifs is 4. The third-order valence-electron chi connectivity index (χ3n) is 19.9. The van der Waals surface area contributed by atoms with Crippen LogP contribution in [0.1, 0.15) is 30.0 Å². The van der Waals surface area contributed by atoms with Crippen LogP contribution in [-0.2, 0) is 90.3 Å². The van der Waals surface area contributed by atoms with Crippen molar-refractivity contribution in [3.63, 3.8) is 0 Å². The summed E-state index contributed by atoms with van der Waals surface area (Å²) in [6.07, 6.45) is 6.47. The summed E-state index contributed by atoms with van der Waals surface area (Å²) in [5.41, 5.74) is 22.4. The Morgan fingerprint density at radius 3 is 1.08 bits per heavy atom. The molecule has 11 amide bonds. The predicted molar refractivity (Wildman–Crippen MR) is 444 cm³/mol. The fraction of sp³-hybridized carbons (Fsp3) is 0.429. The van der Waals surface area contributed by atoms with Gasteiger partial charge >= 0.3 is 17.3 Å². The van der Waals surface area contributed by atoms with Crippen molar-refractivity contribution in [1.29, 1.82) is 0 Å². The number of nitrogens with zero attached hydrogens (tertiary/aromatic N) is 20. The van der Waals surface area contributed by atoms with E-state index in [-0.39, 0.29) is 138 Å². The van der Waals surface area contributed by atoms with Crippen molar-refractivity contribution in [3.05, 3.63) is 132 Å². The number of aliphatic carboxylic acids is 1. The molecule has 11 rings (SSSR count). The van der Waals surface area contributed by atoms with Crippen LogP contribution in [-0.4, -0.2) is 333 Å². The van der Waals surface area contributed by atoms with Gasteiger partial charge in [0.15, 0.2) is 44.7 Å². The predicted octanol–water partition coefficient (Wildman–Crippen LogP) is -13.5. The molecule has 58 nitrogen and oxygen atoms in total. The zero-order valence-electron chi connectivity index (χ0n) is 68.4. The Labute approximate surface area is 714 Å². The van der Waals surface area contributed by atoms with Crippen LogP contribution in [0.5, 0.6) is 0 Å². The van der Waals surface area contributed by atoms with Crippen LogP contribution in [0.3, 0.4) is 0 Å². The van der Waals surface area contributed by atoms with Gasteiger partial charge in [-0.15, -0.1) is 0 Å². The molecule has 128 heavy (non-hydrogen) atoms. The third-order valence-corrected chi connectivity index (χ3v) is 19.9. The Bertz CT molecular complexity index is 6480. The first-order valence-corrected chi connectivity index (χ1v) is 39.1. The zero-order chi connectivity index (χ0) is 92.5. The maximum atomic E-state index is 14.8. The summed E-state index contributed by atoms with van der Waals surface area (Å²) < 4.78 is 6.88. The van der Waals surface area contributed by atoms with Gasteiger partial charge in [-0.05, 0) is 20.3 Å². The molecule has 0 saturated carbocycles. The molecule has 58 heteroatoms. The molecule has 23 N–H and O–H groups in total. The number of nitrogens with one attached hydrogen (secondary N) is 12. The van der Waals surface area contributed by atoms with Gasteiger partial charge in [0, 0.05) is 115 Å². The van der Waals surface area contributed by atoms with Crippen molar-refractivity contribution in [2.45, 2.75) is 71.5 Å². The van der Waals surface area contributed by atoms with Gasteiger partial charge in [-0.3, -0.25) is 130 Å². The van der Waals surface area contributed by atoms with Crippen LogP contribution in [0.4, 0.5) is 23.8 Å². The van der Waals surface area contributed by atoms with Crippen molar-refractivity contribution in [1.82, 2.24) is 158 Å². The van der Waals surface area contributed by atoms with Crippen molar-refractivity contribution in [2.75, 3.05) is 147 Å². The van der Waals surface area contributed by atoms with Gasteiger partial charge in [-0.25, -0.2) is 29.5 Å². The molecule has 0 spiro atoms. The Morgan fingerprint density at radius 1 is 0.406 bits per heavy atom. The van der Waals surface area contributed by atoms with E-state index in [9.17, 15) is 95.9 Å². The zero-order valence-corrected chi connectivity index (χ0v) is 68.4. The molecule has 1 fully saturated rings. The van der Waals surface area contributed by atoms with E-state index >= 15 is 0 Å². The monoisotopic (exact) mass is 1780 g/mol. The average molecular weight is 1780 g/mol. The lowest BCUT2D eigenvalue weighted by Crippen LogP contribution is -2.50. The lowest BCUT2D eigenvalue weighted by Gasteiger charge is -2.26. The minimum Gasteiger partial charge on any atom is -0.481 e. The number of imidazole rings is 4. The molecule has 0 aromatic carbocycles. The molecule has 0 aliphatic carbocycles. The van der Waals surface area contributed by atoms with E-state index in [4.69, 9.17) is 33.8 Å². The number of aromatic nitrogens is 20. The van der Waals surface area contributed by atoms with Gasteiger partial charge in [-0.2, -0.15) is 19.9 Å². The van der Waals surface area contributed by atoms with Crippen molar-refractivity contribution in [3.8, 4) is 0 Å². The quantitative estimate of drug-likeness (QED) is 0.0169. The van der Waals surface area contributed by atoms with E-state index in [0.29, 0.717) is 0 Å². The summed E-state index contributed by atoms with van der Waals surface area (Å²) in [7, 11) is 0. The molecule has 0 radical (unpaired) electrons.